The normalized spacial score (nSPS) is 10.1. The van der Waals surface area contributed by atoms with E-state index >= 15 is 0 Å². The lowest BCUT2D eigenvalue weighted by Gasteiger charge is -2.08. The van der Waals surface area contributed by atoms with Crippen LogP contribution in [0.3, 0.4) is 0 Å². The minimum absolute atomic E-state index is 0.0223. The van der Waals surface area contributed by atoms with Gasteiger partial charge in [0.1, 0.15) is 11.9 Å². The van der Waals surface area contributed by atoms with E-state index in [2.05, 4.69) is 31.5 Å². The number of aromatic nitrogens is 1. The number of nitrogens with one attached hydrogen (secondary N) is 2. The van der Waals surface area contributed by atoms with E-state index in [9.17, 15) is 10.1 Å². The summed E-state index contributed by atoms with van der Waals surface area (Å²) in [4.78, 5) is 14.1. The van der Waals surface area contributed by atoms with Crippen molar-refractivity contribution in [3.8, 4) is 0 Å². The lowest BCUT2D eigenvalue weighted by atomic mass is 10.3. The number of anilines is 1. The highest BCUT2D eigenvalue weighted by atomic mass is 79.9. The van der Waals surface area contributed by atoms with Crippen LogP contribution in [0, 0.1) is 10.1 Å². The number of nitrogens with zero attached hydrogens (tertiary/aromatic N) is 2. The van der Waals surface area contributed by atoms with Gasteiger partial charge in [0, 0.05) is 19.3 Å². The SMILES string of the molecule is CCNCCNc1c(Br)cncc1[N+](=O)[O-]. The van der Waals surface area contributed by atoms with Gasteiger partial charge in [-0.1, -0.05) is 6.92 Å². The van der Waals surface area contributed by atoms with Crippen molar-refractivity contribution in [2.75, 3.05) is 25.0 Å². The summed E-state index contributed by atoms with van der Waals surface area (Å²) in [7, 11) is 0. The molecule has 0 aliphatic carbocycles. The van der Waals surface area contributed by atoms with Crippen molar-refractivity contribution in [2.45, 2.75) is 6.92 Å². The van der Waals surface area contributed by atoms with Crippen molar-refractivity contribution in [2.24, 2.45) is 0 Å². The summed E-state index contributed by atoms with van der Waals surface area (Å²) in [6.07, 6.45) is 2.77. The topological polar surface area (TPSA) is 80.1 Å². The molecule has 1 aromatic rings. The monoisotopic (exact) mass is 288 g/mol. The summed E-state index contributed by atoms with van der Waals surface area (Å²) in [6, 6.07) is 0. The van der Waals surface area contributed by atoms with Crippen molar-refractivity contribution in [3.63, 3.8) is 0 Å². The molecule has 16 heavy (non-hydrogen) atoms. The van der Waals surface area contributed by atoms with Gasteiger partial charge in [0.2, 0.25) is 0 Å². The highest BCUT2D eigenvalue weighted by Crippen LogP contribution is 2.30. The van der Waals surface area contributed by atoms with Gasteiger partial charge >= 0.3 is 5.69 Å². The Morgan fingerprint density at radius 1 is 1.50 bits per heavy atom. The molecule has 0 unspecified atom stereocenters. The maximum absolute atomic E-state index is 10.8. The van der Waals surface area contributed by atoms with Crippen molar-refractivity contribution in [3.05, 3.63) is 27.0 Å². The molecule has 1 rings (SSSR count). The van der Waals surface area contributed by atoms with Crippen LogP contribution in [0.2, 0.25) is 0 Å². The Bertz CT molecular complexity index is 373. The molecule has 2 N–H and O–H groups in total. The molecular weight excluding hydrogens is 276 g/mol. The number of hydrogen-bond acceptors (Lipinski definition) is 5. The molecule has 0 aliphatic rings. The Morgan fingerprint density at radius 2 is 2.25 bits per heavy atom. The third kappa shape index (κ3) is 3.42. The second kappa shape index (κ2) is 6.39. The van der Waals surface area contributed by atoms with Gasteiger partial charge in [-0.25, -0.2) is 0 Å². The van der Waals surface area contributed by atoms with Gasteiger partial charge in [0.25, 0.3) is 0 Å². The standard InChI is InChI=1S/C9H13BrN4O2/c1-2-11-3-4-13-9-7(10)5-12-6-8(9)14(15)16/h5-6,11H,2-4H2,1H3,(H,12,13). The fraction of sp³-hybridized carbons (Fsp3) is 0.444. The Balaban J connectivity index is 2.73. The molecule has 7 heteroatoms. The molecule has 0 spiro atoms. The van der Waals surface area contributed by atoms with Crippen LogP contribution in [0.1, 0.15) is 6.92 Å². The quantitative estimate of drug-likeness (QED) is 0.474. The minimum Gasteiger partial charge on any atom is -0.377 e. The Hall–Kier alpha value is -1.21. The van der Waals surface area contributed by atoms with Gasteiger partial charge in [-0.15, -0.1) is 0 Å². The van der Waals surface area contributed by atoms with Crippen molar-refractivity contribution >= 4 is 27.3 Å². The highest BCUT2D eigenvalue weighted by Gasteiger charge is 2.16. The minimum atomic E-state index is -0.451. The molecule has 0 radical (unpaired) electrons. The molecule has 0 aliphatic heterocycles. The smallest absolute Gasteiger partial charge is 0.311 e. The van der Waals surface area contributed by atoms with Gasteiger partial charge in [-0.05, 0) is 22.5 Å². The molecule has 0 amide bonds. The van der Waals surface area contributed by atoms with Gasteiger partial charge in [-0.2, -0.15) is 0 Å². The lowest BCUT2D eigenvalue weighted by molar-refractivity contribution is -0.384. The molecule has 6 nitrogen and oxygen atoms in total. The van der Waals surface area contributed by atoms with E-state index < -0.39 is 4.92 Å². The van der Waals surface area contributed by atoms with Gasteiger partial charge in [0.15, 0.2) is 0 Å². The van der Waals surface area contributed by atoms with E-state index in [1.54, 1.807) is 0 Å². The Labute approximate surface area is 102 Å². The zero-order chi connectivity index (χ0) is 12.0. The third-order valence-corrected chi connectivity index (χ3v) is 2.53. The fourth-order valence-electron chi connectivity index (χ4n) is 1.19. The molecule has 0 fully saturated rings. The largest absolute Gasteiger partial charge is 0.377 e. The highest BCUT2D eigenvalue weighted by molar-refractivity contribution is 9.10. The Kier molecular flexibility index (Phi) is 5.13. The summed E-state index contributed by atoms with van der Waals surface area (Å²) < 4.78 is 0.596. The molecule has 0 saturated carbocycles. The van der Waals surface area contributed by atoms with E-state index in [4.69, 9.17) is 0 Å². The molecular formula is C9H13BrN4O2. The predicted molar refractivity (Wildman–Crippen MR) is 65.6 cm³/mol. The number of likely N-dealkylation sites (N-methyl/N-ethyl adjacent to an activating group) is 1. The fourth-order valence-corrected chi connectivity index (χ4v) is 1.65. The summed E-state index contributed by atoms with van der Waals surface area (Å²) in [5, 5.41) is 16.9. The average molecular weight is 289 g/mol. The van der Waals surface area contributed by atoms with Crippen LogP contribution in [0.5, 0.6) is 0 Å². The molecule has 1 heterocycles. The van der Waals surface area contributed by atoms with Gasteiger partial charge < -0.3 is 10.6 Å². The van der Waals surface area contributed by atoms with Crippen LogP contribution in [-0.2, 0) is 0 Å². The second-order valence-corrected chi connectivity index (χ2v) is 3.91. The van der Waals surface area contributed by atoms with Crippen molar-refractivity contribution < 1.29 is 4.92 Å². The van der Waals surface area contributed by atoms with Crippen LogP contribution >= 0.6 is 15.9 Å². The molecule has 0 atom stereocenters. The van der Waals surface area contributed by atoms with E-state index in [-0.39, 0.29) is 5.69 Å². The molecule has 0 saturated heterocycles. The number of pyridine rings is 1. The van der Waals surface area contributed by atoms with Crippen LogP contribution in [0.25, 0.3) is 0 Å². The molecule has 1 aromatic heterocycles. The first-order valence-corrected chi connectivity index (χ1v) is 5.68. The molecule has 0 aromatic carbocycles. The first kappa shape index (κ1) is 12.9. The number of rotatable bonds is 6. The first-order chi connectivity index (χ1) is 7.66. The van der Waals surface area contributed by atoms with E-state index in [0.29, 0.717) is 16.7 Å². The van der Waals surface area contributed by atoms with Crippen LogP contribution in [-0.4, -0.2) is 29.5 Å². The first-order valence-electron chi connectivity index (χ1n) is 4.89. The third-order valence-electron chi connectivity index (χ3n) is 1.93. The summed E-state index contributed by atoms with van der Waals surface area (Å²) in [5.41, 5.74) is 0.448. The van der Waals surface area contributed by atoms with E-state index in [1.165, 1.54) is 12.4 Å². The van der Waals surface area contributed by atoms with E-state index in [1.807, 2.05) is 6.92 Å². The summed E-state index contributed by atoms with van der Waals surface area (Å²) >= 11 is 3.23. The molecule has 0 bridgehead atoms. The number of halogens is 1. The van der Waals surface area contributed by atoms with Crippen molar-refractivity contribution in [1.29, 1.82) is 0 Å². The zero-order valence-corrected chi connectivity index (χ0v) is 10.5. The lowest BCUT2D eigenvalue weighted by Crippen LogP contribution is -2.22. The van der Waals surface area contributed by atoms with Gasteiger partial charge in [0.05, 0.1) is 9.40 Å². The Morgan fingerprint density at radius 3 is 2.88 bits per heavy atom. The molecule has 88 valence electrons. The number of nitro groups is 1. The maximum Gasteiger partial charge on any atom is 0.311 e. The summed E-state index contributed by atoms with van der Waals surface area (Å²) in [6.45, 7) is 4.26. The second-order valence-electron chi connectivity index (χ2n) is 3.05. The van der Waals surface area contributed by atoms with E-state index in [0.717, 1.165) is 13.1 Å². The maximum atomic E-state index is 10.8. The zero-order valence-electron chi connectivity index (χ0n) is 8.86. The average Bonchev–Trinajstić information content (AvgIpc) is 2.25. The van der Waals surface area contributed by atoms with Crippen LogP contribution in [0.4, 0.5) is 11.4 Å². The van der Waals surface area contributed by atoms with Crippen LogP contribution < -0.4 is 10.6 Å². The predicted octanol–water partition coefficient (Wildman–Crippen LogP) is 1.77. The number of hydrogen-bond donors (Lipinski definition) is 2. The van der Waals surface area contributed by atoms with Gasteiger partial charge in [-0.3, -0.25) is 15.1 Å². The summed E-state index contributed by atoms with van der Waals surface area (Å²) in [5.74, 6) is 0. The van der Waals surface area contributed by atoms with Crippen LogP contribution in [0.15, 0.2) is 16.9 Å². The van der Waals surface area contributed by atoms with Crippen molar-refractivity contribution in [1.82, 2.24) is 10.3 Å².